The minimum Gasteiger partial charge on any atom is -0.504 e. The highest BCUT2D eigenvalue weighted by Crippen LogP contribution is 2.43. The molecule has 0 fully saturated rings. The zero-order valence-corrected chi connectivity index (χ0v) is 14.2. The van der Waals surface area contributed by atoms with Gasteiger partial charge in [0.1, 0.15) is 12.0 Å². The van der Waals surface area contributed by atoms with Crippen molar-refractivity contribution in [2.75, 3.05) is 0 Å². The summed E-state index contributed by atoms with van der Waals surface area (Å²) in [6, 6.07) is 9.54. The molecule has 0 saturated heterocycles. The van der Waals surface area contributed by atoms with Crippen LogP contribution in [0.15, 0.2) is 54.6 Å². The van der Waals surface area contributed by atoms with E-state index in [-0.39, 0.29) is 11.3 Å². The van der Waals surface area contributed by atoms with E-state index < -0.39 is 5.41 Å². The molecule has 0 aliphatic heterocycles. The van der Waals surface area contributed by atoms with Gasteiger partial charge in [0.2, 0.25) is 0 Å². The highest BCUT2D eigenvalue weighted by Gasteiger charge is 2.40. The quantitative estimate of drug-likeness (QED) is 0.870. The molecule has 1 atom stereocenters. The number of benzene rings is 1. The van der Waals surface area contributed by atoms with E-state index in [1.54, 1.807) is 4.68 Å². The Morgan fingerprint density at radius 2 is 1.92 bits per heavy atom. The van der Waals surface area contributed by atoms with Crippen molar-refractivity contribution in [3.05, 3.63) is 60.3 Å². The molecule has 0 spiro atoms. The summed E-state index contributed by atoms with van der Waals surface area (Å²) in [5.41, 5.74) is 0.613. The average Bonchev–Trinajstić information content (AvgIpc) is 2.94. The molecule has 1 aromatic heterocycles. The van der Waals surface area contributed by atoms with Crippen molar-refractivity contribution >= 4 is 6.29 Å². The van der Waals surface area contributed by atoms with Gasteiger partial charge >= 0.3 is 0 Å². The maximum Gasteiger partial charge on any atom is 0.166 e. The minimum absolute atomic E-state index is 0.0724. The third-order valence-corrected chi connectivity index (χ3v) is 4.29. The lowest BCUT2D eigenvalue weighted by Gasteiger charge is -2.31. The fourth-order valence-electron chi connectivity index (χ4n) is 3.06. The Hall–Kier alpha value is -2.62. The van der Waals surface area contributed by atoms with Crippen LogP contribution < -0.4 is 0 Å². The molecule has 4 nitrogen and oxygen atoms in total. The predicted molar refractivity (Wildman–Crippen MR) is 95.0 cm³/mol. The van der Waals surface area contributed by atoms with Crippen LogP contribution in [0.25, 0.3) is 11.3 Å². The Kier molecular flexibility index (Phi) is 3.91. The first-order valence-corrected chi connectivity index (χ1v) is 8.08. The lowest BCUT2D eigenvalue weighted by Crippen LogP contribution is -2.35. The van der Waals surface area contributed by atoms with E-state index in [1.165, 1.54) is 0 Å². The van der Waals surface area contributed by atoms with Crippen molar-refractivity contribution in [1.29, 1.82) is 0 Å². The summed E-state index contributed by atoms with van der Waals surface area (Å²) in [6.07, 6.45) is 8.95. The smallest absolute Gasteiger partial charge is 0.166 e. The number of aromatic nitrogens is 2. The second kappa shape index (κ2) is 5.78. The molecule has 3 rings (SSSR count). The highest BCUT2D eigenvalue weighted by molar-refractivity contribution is 5.78. The zero-order valence-electron chi connectivity index (χ0n) is 14.2. The first-order valence-electron chi connectivity index (χ1n) is 8.08. The van der Waals surface area contributed by atoms with Gasteiger partial charge in [-0.2, -0.15) is 5.10 Å². The third kappa shape index (κ3) is 2.58. The molecule has 24 heavy (non-hydrogen) atoms. The van der Waals surface area contributed by atoms with Gasteiger partial charge in [-0.15, -0.1) is 0 Å². The second-order valence-electron chi connectivity index (χ2n) is 7.14. The van der Waals surface area contributed by atoms with Crippen LogP contribution in [0.1, 0.15) is 32.9 Å². The largest absolute Gasteiger partial charge is 0.504 e. The predicted octanol–water partition coefficient (Wildman–Crippen LogP) is 3.96. The third-order valence-electron chi connectivity index (χ3n) is 4.29. The molecule has 0 radical (unpaired) electrons. The summed E-state index contributed by atoms with van der Waals surface area (Å²) >= 11 is 0. The number of carbonyl (C=O) groups is 1. The number of aldehydes is 1. The van der Waals surface area contributed by atoms with E-state index in [2.05, 4.69) is 5.10 Å². The number of allylic oxidation sites excluding steroid dienone is 4. The molecule has 1 aromatic carbocycles. The van der Waals surface area contributed by atoms with E-state index in [4.69, 9.17) is 0 Å². The van der Waals surface area contributed by atoms with Gasteiger partial charge in [-0.05, 0) is 27.2 Å². The van der Waals surface area contributed by atoms with Crippen LogP contribution in [0.2, 0.25) is 0 Å². The number of nitrogens with zero attached hydrogens (tertiary/aromatic N) is 2. The van der Waals surface area contributed by atoms with Gasteiger partial charge in [-0.1, -0.05) is 54.6 Å². The van der Waals surface area contributed by atoms with Crippen LogP contribution in [-0.4, -0.2) is 21.2 Å². The molecule has 1 unspecified atom stereocenters. The normalized spacial score (nSPS) is 20.3. The molecule has 0 saturated carbocycles. The maximum absolute atomic E-state index is 12.0. The van der Waals surface area contributed by atoms with Gasteiger partial charge in [-0.25, -0.2) is 0 Å². The highest BCUT2D eigenvalue weighted by atomic mass is 16.3. The van der Waals surface area contributed by atoms with E-state index in [1.807, 2.05) is 75.4 Å². The van der Waals surface area contributed by atoms with E-state index >= 15 is 0 Å². The molecule has 1 N–H and O–H groups in total. The van der Waals surface area contributed by atoms with Gasteiger partial charge < -0.3 is 9.90 Å². The molecule has 0 bridgehead atoms. The van der Waals surface area contributed by atoms with Crippen LogP contribution in [0, 0.1) is 0 Å². The summed E-state index contributed by atoms with van der Waals surface area (Å²) < 4.78 is 1.78. The van der Waals surface area contributed by atoms with Crippen molar-refractivity contribution < 1.29 is 9.90 Å². The Morgan fingerprint density at radius 3 is 2.46 bits per heavy atom. The molecular formula is C20H22N2O2. The Morgan fingerprint density at radius 1 is 1.21 bits per heavy atom. The van der Waals surface area contributed by atoms with Crippen LogP contribution >= 0.6 is 0 Å². The second-order valence-corrected chi connectivity index (χ2v) is 7.14. The summed E-state index contributed by atoms with van der Waals surface area (Å²) in [7, 11) is 0. The van der Waals surface area contributed by atoms with E-state index in [0.29, 0.717) is 17.8 Å². The number of rotatable bonds is 3. The monoisotopic (exact) mass is 322 g/mol. The van der Waals surface area contributed by atoms with Crippen molar-refractivity contribution in [3.63, 3.8) is 0 Å². The average molecular weight is 322 g/mol. The molecular weight excluding hydrogens is 300 g/mol. The molecule has 1 aliphatic carbocycles. The molecule has 1 heterocycles. The number of aromatic hydroxyl groups is 1. The first-order chi connectivity index (χ1) is 11.4. The maximum atomic E-state index is 12.0. The topological polar surface area (TPSA) is 55.1 Å². The molecule has 1 aliphatic rings. The molecule has 0 amide bonds. The lowest BCUT2D eigenvalue weighted by molar-refractivity contribution is -0.111. The Balaban J connectivity index is 2.29. The Bertz CT molecular complexity index is 810. The number of hydrogen-bond donors (Lipinski definition) is 1. The summed E-state index contributed by atoms with van der Waals surface area (Å²) in [6.45, 7) is 6.04. The van der Waals surface area contributed by atoms with E-state index in [9.17, 15) is 9.90 Å². The van der Waals surface area contributed by atoms with Crippen molar-refractivity contribution in [2.24, 2.45) is 0 Å². The molecule has 124 valence electrons. The lowest BCUT2D eigenvalue weighted by atomic mass is 9.78. The molecule has 2 aromatic rings. The first kappa shape index (κ1) is 16.2. The SMILES string of the molecule is CC(C)(C)n1nc(-c2ccccc2)c(O)c1C1(C=O)C=CC=CC1. The van der Waals surface area contributed by atoms with Crippen LogP contribution in [-0.2, 0) is 15.7 Å². The van der Waals surface area contributed by atoms with Gasteiger partial charge in [0, 0.05) is 5.56 Å². The van der Waals surface area contributed by atoms with Gasteiger partial charge in [-0.3, -0.25) is 4.68 Å². The number of hydrogen-bond acceptors (Lipinski definition) is 3. The zero-order chi connectivity index (χ0) is 17.4. The Labute approximate surface area is 142 Å². The van der Waals surface area contributed by atoms with E-state index in [0.717, 1.165) is 11.8 Å². The van der Waals surface area contributed by atoms with Gasteiger partial charge in [0.05, 0.1) is 16.6 Å². The van der Waals surface area contributed by atoms with Crippen LogP contribution in [0.4, 0.5) is 0 Å². The fraction of sp³-hybridized carbons (Fsp3) is 0.300. The fourth-order valence-corrected chi connectivity index (χ4v) is 3.06. The van der Waals surface area contributed by atoms with Crippen molar-refractivity contribution in [3.8, 4) is 17.0 Å². The van der Waals surface area contributed by atoms with Crippen molar-refractivity contribution in [2.45, 2.75) is 38.1 Å². The molecule has 4 heteroatoms. The number of carbonyl (C=O) groups excluding carboxylic acids is 1. The van der Waals surface area contributed by atoms with Gasteiger partial charge in [0.25, 0.3) is 0 Å². The van der Waals surface area contributed by atoms with Crippen LogP contribution in [0.3, 0.4) is 0 Å². The summed E-state index contributed by atoms with van der Waals surface area (Å²) in [5.74, 6) is 0.0724. The summed E-state index contributed by atoms with van der Waals surface area (Å²) in [4.78, 5) is 12.0. The standard InChI is InChI=1S/C20H22N2O2/c1-19(2,3)22-18(20(14-23)12-8-5-9-13-20)17(24)16(21-22)15-10-6-4-7-11-15/h4-12,14,24H,13H2,1-3H3. The van der Waals surface area contributed by atoms with Crippen LogP contribution in [0.5, 0.6) is 5.75 Å². The van der Waals surface area contributed by atoms with Crippen molar-refractivity contribution in [1.82, 2.24) is 9.78 Å². The van der Waals surface area contributed by atoms with Gasteiger partial charge in [0.15, 0.2) is 5.75 Å². The minimum atomic E-state index is -0.897. The summed E-state index contributed by atoms with van der Waals surface area (Å²) in [5, 5.41) is 15.6.